The Morgan fingerprint density at radius 1 is 1.09 bits per heavy atom. The van der Waals surface area contributed by atoms with Crippen molar-refractivity contribution in [2.24, 2.45) is 5.92 Å². The number of hydrogen-bond donors (Lipinski definition) is 1. The van der Waals surface area contributed by atoms with Gasteiger partial charge >= 0.3 is 0 Å². The van der Waals surface area contributed by atoms with Crippen molar-refractivity contribution < 1.29 is 18.7 Å². The first-order valence-electron chi connectivity index (χ1n) is 12.9. The maximum Gasteiger partial charge on any atom is 0.222 e. The summed E-state index contributed by atoms with van der Waals surface area (Å²) in [7, 11) is 0. The minimum absolute atomic E-state index is 0.0831. The topological polar surface area (TPSA) is 63.9 Å². The molecule has 6 nitrogen and oxygen atoms in total. The van der Waals surface area contributed by atoms with E-state index in [1.54, 1.807) is 0 Å². The van der Waals surface area contributed by atoms with E-state index in [4.69, 9.17) is 13.9 Å². The molecule has 0 spiro atoms. The lowest BCUT2D eigenvalue weighted by atomic mass is 9.83. The third kappa shape index (κ3) is 5.97. The molecule has 5 rings (SSSR count). The average Bonchev–Trinajstić information content (AvgIpc) is 3.32. The summed E-state index contributed by atoms with van der Waals surface area (Å²) >= 11 is 0. The van der Waals surface area contributed by atoms with Gasteiger partial charge in [0.25, 0.3) is 0 Å². The van der Waals surface area contributed by atoms with Gasteiger partial charge in [0, 0.05) is 23.2 Å². The number of ether oxygens (including phenoxy) is 2. The van der Waals surface area contributed by atoms with E-state index >= 15 is 0 Å². The number of fused-ring (bicyclic) bond motifs is 1. The Morgan fingerprint density at radius 2 is 2.00 bits per heavy atom. The van der Waals surface area contributed by atoms with E-state index < -0.39 is 0 Å². The van der Waals surface area contributed by atoms with Gasteiger partial charge in [0.05, 0.1) is 38.6 Å². The van der Waals surface area contributed by atoms with Gasteiger partial charge in [-0.25, -0.2) is 0 Å². The number of likely N-dealkylation sites (tertiary alicyclic amines) is 1. The van der Waals surface area contributed by atoms with Crippen molar-refractivity contribution >= 4 is 5.91 Å². The lowest BCUT2D eigenvalue weighted by Gasteiger charge is -2.37. The minimum atomic E-state index is -0.0831. The Bertz CT molecular complexity index is 853. The first-order chi connectivity index (χ1) is 16.2. The number of hydrogen-bond acceptors (Lipinski definition) is 5. The molecule has 5 aliphatic rings. The van der Waals surface area contributed by atoms with Crippen LogP contribution in [0.5, 0.6) is 0 Å². The average molecular weight is 455 g/mol. The first kappa shape index (κ1) is 22.9. The van der Waals surface area contributed by atoms with Crippen LogP contribution in [0, 0.1) is 5.92 Å². The SMILES string of the molecule is O=C(CC1COCCO1)N[C@H]1CC[C@H](CCN2CCCCC2c2coc3cccc-3c2)CC1. The van der Waals surface area contributed by atoms with Crippen LogP contribution in [0.25, 0.3) is 11.3 Å². The highest BCUT2D eigenvalue weighted by Crippen LogP contribution is 2.36. The van der Waals surface area contributed by atoms with E-state index in [1.165, 1.54) is 56.2 Å². The molecule has 3 aliphatic heterocycles. The normalized spacial score (nSPS) is 29.2. The molecule has 1 N–H and O–H groups in total. The highest BCUT2D eigenvalue weighted by molar-refractivity contribution is 5.76. The zero-order valence-corrected chi connectivity index (χ0v) is 19.7. The van der Waals surface area contributed by atoms with Crippen LogP contribution >= 0.6 is 0 Å². The fourth-order valence-corrected chi connectivity index (χ4v) is 5.89. The summed E-state index contributed by atoms with van der Waals surface area (Å²) in [4.78, 5) is 15.1. The summed E-state index contributed by atoms with van der Waals surface area (Å²) in [5.74, 6) is 1.85. The second-order valence-electron chi connectivity index (χ2n) is 10.1. The van der Waals surface area contributed by atoms with Crippen LogP contribution in [-0.4, -0.2) is 55.9 Å². The molecular weight excluding hydrogens is 416 g/mol. The van der Waals surface area contributed by atoms with Crippen molar-refractivity contribution in [2.75, 3.05) is 32.9 Å². The van der Waals surface area contributed by atoms with Crippen molar-refractivity contribution in [2.45, 2.75) is 76.0 Å². The van der Waals surface area contributed by atoms with Gasteiger partial charge in [0.2, 0.25) is 5.91 Å². The van der Waals surface area contributed by atoms with Gasteiger partial charge in [-0.2, -0.15) is 0 Å². The highest BCUT2D eigenvalue weighted by Gasteiger charge is 2.28. The Labute approximate surface area is 197 Å². The maximum atomic E-state index is 12.4. The Morgan fingerprint density at radius 3 is 2.85 bits per heavy atom. The summed E-state index contributed by atoms with van der Waals surface area (Å²) in [5.41, 5.74) is 2.54. The fourth-order valence-electron chi connectivity index (χ4n) is 5.89. The second-order valence-corrected chi connectivity index (χ2v) is 10.1. The van der Waals surface area contributed by atoms with Crippen molar-refractivity contribution in [3.8, 4) is 11.3 Å². The molecule has 0 aromatic carbocycles. The van der Waals surface area contributed by atoms with Crippen molar-refractivity contribution in [3.05, 3.63) is 36.1 Å². The van der Waals surface area contributed by atoms with Crippen LogP contribution in [0.1, 0.15) is 69.4 Å². The van der Waals surface area contributed by atoms with Crippen molar-refractivity contribution in [1.29, 1.82) is 0 Å². The summed E-state index contributed by atoms with van der Waals surface area (Å²) in [5, 5.41) is 3.24. The number of rotatable bonds is 7. The van der Waals surface area contributed by atoms with Gasteiger partial charge in [0.15, 0.2) is 0 Å². The molecule has 33 heavy (non-hydrogen) atoms. The van der Waals surface area contributed by atoms with Crippen LogP contribution in [0.3, 0.4) is 0 Å². The molecule has 3 heterocycles. The Kier molecular flexibility index (Phi) is 7.64. The second kappa shape index (κ2) is 11.0. The number of carbonyl (C=O) groups excluding carboxylic acids is 1. The van der Waals surface area contributed by atoms with Gasteiger partial charge in [-0.3, -0.25) is 9.69 Å². The zero-order valence-electron chi connectivity index (χ0n) is 19.7. The standard InChI is InChI=1S/C27H38N2O4/c30-27(17-24-19-31-14-15-32-24)28-23-9-7-20(8-10-23)11-13-29-12-2-1-5-25(29)22-16-21-4-3-6-26(21)33-18-22/h3-4,6,16,18,20,23-25H,1-2,5,7-15,17,19H2,(H,28,30)/t20-,23-,24?,25?. The van der Waals surface area contributed by atoms with E-state index in [2.05, 4.69) is 28.4 Å². The van der Waals surface area contributed by atoms with E-state index in [9.17, 15) is 4.79 Å². The molecule has 0 radical (unpaired) electrons. The third-order valence-electron chi connectivity index (χ3n) is 7.78. The van der Waals surface area contributed by atoms with Gasteiger partial charge in [-0.05, 0) is 76.1 Å². The number of amides is 1. The molecule has 0 aromatic heterocycles. The van der Waals surface area contributed by atoms with Gasteiger partial charge in [-0.15, -0.1) is 0 Å². The molecule has 0 aromatic rings. The number of nitrogens with zero attached hydrogens (tertiary/aromatic N) is 1. The Hall–Kier alpha value is -1.89. The lowest BCUT2D eigenvalue weighted by molar-refractivity contribution is -0.132. The van der Waals surface area contributed by atoms with Crippen molar-refractivity contribution in [1.82, 2.24) is 10.2 Å². The summed E-state index contributed by atoms with van der Waals surface area (Å²) in [6.07, 6.45) is 12.0. The van der Waals surface area contributed by atoms with Crippen LogP contribution in [-0.2, 0) is 14.3 Å². The quantitative estimate of drug-likeness (QED) is 0.652. The zero-order chi connectivity index (χ0) is 22.5. The fraction of sp³-hybridized carbons (Fsp3) is 0.667. The first-order valence-corrected chi connectivity index (χ1v) is 12.9. The minimum Gasteiger partial charge on any atom is -0.464 e. The summed E-state index contributed by atoms with van der Waals surface area (Å²) < 4.78 is 16.9. The lowest BCUT2D eigenvalue weighted by Crippen LogP contribution is -2.41. The molecule has 2 atom stereocenters. The monoisotopic (exact) mass is 454 g/mol. The van der Waals surface area contributed by atoms with Crippen LogP contribution < -0.4 is 5.32 Å². The summed E-state index contributed by atoms with van der Waals surface area (Å²) in [6, 6.07) is 9.35. The number of piperidine rings is 1. The predicted molar refractivity (Wildman–Crippen MR) is 127 cm³/mol. The van der Waals surface area contributed by atoms with E-state index in [0.717, 1.165) is 31.1 Å². The molecule has 1 amide bonds. The number of nitrogens with one attached hydrogen (secondary N) is 1. The van der Waals surface area contributed by atoms with Gasteiger partial charge < -0.3 is 19.2 Å². The molecule has 0 bridgehead atoms. The Balaban J connectivity index is 1.07. The smallest absolute Gasteiger partial charge is 0.222 e. The van der Waals surface area contributed by atoms with Crippen LogP contribution in [0.2, 0.25) is 0 Å². The largest absolute Gasteiger partial charge is 0.464 e. The third-order valence-corrected chi connectivity index (χ3v) is 7.78. The molecule has 6 heteroatoms. The predicted octanol–water partition coefficient (Wildman–Crippen LogP) is 4.78. The molecular formula is C27H38N2O4. The molecule has 180 valence electrons. The van der Waals surface area contributed by atoms with Crippen LogP contribution in [0.15, 0.2) is 34.9 Å². The molecule has 1 saturated carbocycles. The van der Waals surface area contributed by atoms with Gasteiger partial charge in [-0.1, -0.05) is 18.6 Å². The van der Waals surface area contributed by atoms with E-state index in [0.29, 0.717) is 38.3 Å². The highest BCUT2D eigenvalue weighted by atomic mass is 16.6. The molecule has 3 fully saturated rings. The molecule has 2 unspecified atom stereocenters. The maximum absolute atomic E-state index is 12.4. The summed E-state index contributed by atoms with van der Waals surface area (Å²) in [6.45, 7) is 4.11. The molecule has 2 aliphatic carbocycles. The molecule has 2 saturated heterocycles. The van der Waals surface area contributed by atoms with E-state index in [1.807, 2.05) is 12.3 Å². The van der Waals surface area contributed by atoms with Gasteiger partial charge in [0.1, 0.15) is 5.76 Å². The number of carbonyl (C=O) groups is 1. The van der Waals surface area contributed by atoms with E-state index in [-0.39, 0.29) is 12.0 Å². The van der Waals surface area contributed by atoms with Crippen LogP contribution in [0.4, 0.5) is 0 Å². The van der Waals surface area contributed by atoms with Crippen molar-refractivity contribution in [3.63, 3.8) is 0 Å².